The maximum atomic E-state index is 10.9. The Morgan fingerprint density at radius 3 is 2.92 bits per heavy atom. The number of nitrogens with zero attached hydrogens (tertiary/aromatic N) is 1. The third-order valence-corrected chi connectivity index (χ3v) is 2.32. The lowest BCUT2D eigenvalue weighted by molar-refractivity contribution is -0.122. The molecule has 0 saturated carbocycles. The zero-order chi connectivity index (χ0) is 9.14. The van der Waals surface area contributed by atoms with Crippen molar-refractivity contribution in [3.8, 4) is 0 Å². The van der Waals surface area contributed by atoms with E-state index in [9.17, 15) is 4.79 Å². The summed E-state index contributed by atoms with van der Waals surface area (Å²) >= 11 is 3.27. The van der Waals surface area contributed by atoms with Gasteiger partial charge in [0, 0.05) is 11.0 Å². The summed E-state index contributed by atoms with van der Waals surface area (Å²) in [5.41, 5.74) is 5.24. The summed E-state index contributed by atoms with van der Waals surface area (Å²) in [4.78, 5) is 13.0. The van der Waals surface area contributed by atoms with Crippen molar-refractivity contribution < 1.29 is 4.79 Å². The van der Waals surface area contributed by atoms with Crippen LogP contribution in [0.15, 0.2) is 11.1 Å². The highest BCUT2D eigenvalue weighted by Crippen LogP contribution is 2.19. The molecule has 4 heteroatoms. The molecule has 68 valence electrons. The molecule has 1 atom stereocenters. The smallest absolute Gasteiger partial charge is 0.234 e. The monoisotopic (exact) mass is 232 g/mol. The van der Waals surface area contributed by atoms with Gasteiger partial charge in [-0.15, -0.1) is 0 Å². The SMILES string of the molecule is C=C(Br)CN1CCCC1C(N)=O. The molecule has 1 amide bonds. The average Bonchev–Trinajstić information content (AvgIpc) is 2.33. The molecule has 0 radical (unpaired) electrons. The molecule has 1 rings (SSSR count). The lowest BCUT2D eigenvalue weighted by atomic mass is 10.2. The number of hydrogen-bond acceptors (Lipinski definition) is 2. The van der Waals surface area contributed by atoms with E-state index in [1.54, 1.807) is 0 Å². The van der Waals surface area contributed by atoms with Crippen LogP contribution in [0.5, 0.6) is 0 Å². The van der Waals surface area contributed by atoms with Crippen LogP contribution in [0, 0.1) is 0 Å². The summed E-state index contributed by atoms with van der Waals surface area (Å²) in [6.45, 7) is 5.39. The zero-order valence-corrected chi connectivity index (χ0v) is 8.51. The minimum atomic E-state index is -0.221. The fourth-order valence-electron chi connectivity index (χ4n) is 1.56. The van der Waals surface area contributed by atoms with Gasteiger partial charge >= 0.3 is 0 Å². The highest BCUT2D eigenvalue weighted by molar-refractivity contribution is 9.11. The van der Waals surface area contributed by atoms with Crippen molar-refractivity contribution in [2.45, 2.75) is 18.9 Å². The van der Waals surface area contributed by atoms with Gasteiger partial charge in [0.2, 0.25) is 5.91 Å². The second-order valence-corrected chi connectivity index (χ2v) is 4.17. The van der Waals surface area contributed by atoms with E-state index in [0.717, 1.165) is 23.9 Å². The van der Waals surface area contributed by atoms with Gasteiger partial charge in [-0.3, -0.25) is 9.69 Å². The minimum absolute atomic E-state index is 0.0840. The van der Waals surface area contributed by atoms with Gasteiger partial charge in [-0.25, -0.2) is 0 Å². The van der Waals surface area contributed by atoms with Crippen LogP contribution in [0.2, 0.25) is 0 Å². The molecular formula is C8H13BrN2O. The molecule has 1 unspecified atom stereocenters. The number of likely N-dealkylation sites (tertiary alicyclic amines) is 1. The highest BCUT2D eigenvalue weighted by Gasteiger charge is 2.28. The standard InChI is InChI=1S/C8H13BrN2O/c1-6(9)5-11-4-2-3-7(11)8(10)12/h7H,1-5H2,(H2,10,12). The van der Waals surface area contributed by atoms with Crippen molar-refractivity contribution in [2.75, 3.05) is 13.1 Å². The summed E-state index contributed by atoms with van der Waals surface area (Å²) in [5.74, 6) is -0.221. The molecule has 1 aliphatic heterocycles. The molecule has 0 bridgehead atoms. The molecule has 0 aromatic rings. The lowest BCUT2D eigenvalue weighted by Crippen LogP contribution is -2.40. The predicted molar refractivity (Wildman–Crippen MR) is 51.9 cm³/mol. The van der Waals surface area contributed by atoms with E-state index in [4.69, 9.17) is 5.73 Å². The predicted octanol–water partition coefficient (Wildman–Crippen LogP) is 0.845. The van der Waals surface area contributed by atoms with Crippen LogP contribution >= 0.6 is 15.9 Å². The summed E-state index contributed by atoms with van der Waals surface area (Å²) in [6.07, 6.45) is 1.93. The van der Waals surface area contributed by atoms with Crippen molar-refractivity contribution in [3.05, 3.63) is 11.1 Å². The van der Waals surface area contributed by atoms with Gasteiger partial charge in [0.05, 0.1) is 6.04 Å². The van der Waals surface area contributed by atoms with Crippen LogP contribution in [-0.4, -0.2) is 29.9 Å². The van der Waals surface area contributed by atoms with Gasteiger partial charge in [0.15, 0.2) is 0 Å². The van der Waals surface area contributed by atoms with Crippen LogP contribution in [0.1, 0.15) is 12.8 Å². The van der Waals surface area contributed by atoms with Crippen molar-refractivity contribution in [1.82, 2.24) is 4.90 Å². The molecular weight excluding hydrogens is 220 g/mol. The van der Waals surface area contributed by atoms with E-state index in [1.165, 1.54) is 0 Å². The molecule has 2 N–H and O–H groups in total. The fraction of sp³-hybridized carbons (Fsp3) is 0.625. The number of hydrogen-bond donors (Lipinski definition) is 1. The summed E-state index contributed by atoms with van der Waals surface area (Å²) < 4.78 is 0.899. The van der Waals surface area contributed by atoms with Crippen LogP contribution in [0.4, 0.5) is 0 Å². The van der Waals surface area contributed by atoms with Crippen LogP contribution in [-0.2, 0) is 4.79 Å². The van der Waals surface area contributed by atoms with E-state index >= 15 is 0 Å². The van der Waals surface area contributed by atoms with Gasteiger partial charge in [-0.05, 0) is 19.4 Å². The van der Waals surface area contributed by atoms with Crippen LogP contribution in [0.25, 0.3) is 0 Å². The van der Waals surface area contributed by atoms with Crippen LogP contribution in [0.3, 0.4) is 0 Å². The number of carbonyl (C=O) groups is 1. The molecule has 0 aromatic heterocycles. The van der Waals surface area contributed by atoms with Crippen molar-refractivity contribution in [3.63, 3.8) is 0 Å². The van der Waals surface area contributed by atoms with Gasteiger partial charge < -0.3 is 5.73 Å². The Labute approximate surface area is 80.7 Å². The summed E-state index contributed by atoms with van der Waals surface area (Å²) in [5, 5.41) is 0. The molecule has 1 aliphatic rings. The quantitative estimate of drug-likeness (QED) is 0.785. The Hall–Kier alpha value is -0.350. The summed E-state index contributed by atoms with van der Waals surface area (Å²) in [7, 11) is 0. The average molecular weight is 233 g/mol. The van der Waals surface area contributed by atoms with E-state index in [-0.39, 0.29) is 11.9 Å². The van der Waals surface area contributed by atoms with Gasteiger partial charge in [-0.2, -0.15) is 0 Å². The number of carbonyl (C=O) groups excluding carboxylic acids is 1. The van der Waals surface area contributed by atoms with E-state index < -0.39 is 0 Å². The lowest BCUT2D eigenvalue weighted by Gasteiger charge is -2.20. The maximum absolute atomic E-state index is 10.9. The number of amides is 1. The first-order valence-corrected chi connectivity index (χ1v) is 4.77. The number of rotatable bonds is 3. The van der Waals surface area contributed by atoms with E-state index in [1.807, 2.05) is 0 Å². The molecule has 1 saturated heterocycles. The van der Waals surface area contributed by atoms with Crippen LogP contribution < -0.4 is 5.73 Å². The molecule has 0 spiro atoms. The van der Waals surface area contributed by atoms with Gasteiger partial charge in [-0.1, -0.05) is 22.5 Å². The molecule has 0 aliphatic carbocycles. The van der Waals surface area contributed by atoms with E-state index in [2.05, 4.69) is 27.4 Å². The molecule has 1 heterocycles. The molecule has 1 fully saturated rings. The first-order chi connectivity index (χ1) is 5.61. The maximum Gasteiger partial charge on any atom is 0.234 e. The van der Waals surface area contributed by atoms with E-state index in [0.29, 0.717) is 6.54 Å². The second kappa shape index (κ2) is 4.05. The van der Waals surface area contributed by atoms with Crippen molar-refractivity contribution in [1.29, 1.82) is 0 Å². The number of nitrogens with two attached hydrogens (primary N) is 1. The first-order valence-electron chi connectivity index (χ1n) is 3.98. The highest BCUT2D eigenvalue weighted by atomic mass is 79.9. The number of halogens is 1. The Kier molecular flexibility index (Phi) is 3.29. The Morgan fingerprint density at radius 1 is 1.75 bits per heavy atom. The minimum Gasteiger partial charge on any atom is -0.368 e. The molecule has 3 nitrogen and oxygen atoms in total. The third-order valence-electron chi connectivity index (χ3n) is 2.07. The summed E-state index contributed by atoms with van der Waals surface area (Å²) in [6, 6.07) is -0.0840. The van der Waals surface area contributed by atoms with Gasteiger partial charge in [0.25, 0.3) is 0 Å². The largest absolute Gasteiger partial charge is 0.368 e. The Bertz CT molecular complexity index is 205. The Morgan fingerprint density at radius 2 is 2.42 bits per heavy atom. The second-order valence-electron chi connectivity index (χ2n) is 3.05. The first kappa shape index (κ1) is 9.74. The third kappa shape index (κ3) is 2.32. The van der Waals surface area contributed by atoms with Crippen molar-refractivity contribution >= 4 is 21.8 Å². The topological polar surface area (TPSA) is 46.3 Å². The zero-order valence-electron chi connectivity index (χ0n) is 6.92. The normalized spacial score (nSPS) is 24.2. The number of primary amides is 1. The molecule has 12 heavy (non-hydrogen) atoms. The Balaban J connectivity index is 2.52. The molecule has 0 aromatic carbocycles. The van der Waals surface area contributed by atoms with Crippen molar-refractivity contribution in [2.24, 2.45) is 5.73 Å². The fourth-order valence-corrected chi connectivity index (χ4v) is 1.88. The van der Waals surface area contributed by atoms with Gasteiger partial charge in [0.1, 0.15) is 0 Å².